The van der Waals surface area contributed by atoms with Crippen LogP contribution in [0.1, 0.15) is 0 Å². The van der Waals surface area contributed by atoms with Crippen molar-refractivity contribution in [1.29, 1.82) is 0 Å². The van der Waals surface area contributed by atoms with Crippen molar-refractivity contribution < 1.29 is 0 Å². The maximum absolute atomic E-state index is 10.5. The Morgan fingerprint density at radius 3 is 2.88 bits per heavy atom. The molecule has 0 spiro atoms. The van der Waals surface area contributed by atoms with Gasteiger partial charge in [-0.1, -0.05) is 0 Å². The van der Waals surface area contributed by atoms with Crippen LogP contribution < -0.4 is 5.43 Å². The summed E-state index contributed by atoms with van der Waals surface area (Å²) in [6, 6.07) is 0. The zero-order valence-electron chi connectivity index (χ0n) is 3.89. The van der Waals surface area contributed by atoms with Crippen LogP contribution in [0.4, 0.5) is 0 Å². The maximum Gasteiger partial charge on any atom is 0.213 e. The first kappa shape index (κ1) is 5.74. The highest BCUT2D eigenvalue weighted by molar-refractivity contribution is 14.1. The summed E-state index contributed by atoms with van der Waals surface area (Å²) in [4.78, 5) is 10.5. The van der Waals surface area contributed by atoms with E-state index < -0.39 is 0 Å². The lowest BCUT2D eigenvalue weighted by Gasteiger charge is -1.81. The van der Waals surface area contributed by atoms with E-state index in [1.54, 1.807) is 6.20 Å². The van der Waals surface area contributed by atoms with Crippen molar-refractivity contribution in [2.45, 2.75) is 0 Å². The van der Waals surface area contributed by atoms with Crippen molar-refractivity contribution in [2.75, 3.05) is 0 Å². The van der Waals surface area contributed by atoms with Crippen molar-refractivity contribution in [1.82, 2.24) is 10.2 Å². The first-order valence-corrected chi connectivity index (χ1v) is 3.07. The highest BCUT2D eigenvalue weighted by Gasteiger charge is 1.87. The second kappa shape index (κ2) is 2.25. The third-order valence-electron chi connectivity index (χ3n) is 0.683. The third kappa shape index (κ3) is 1.06. The third-order valence-corrected chi connectivity index (χ3v) is 1.53. The molecule has 3 nitrogen and oxygen atoms in total. The second-order valence-corrected chi connectivity index (χ2v) is 2.41. The topological polar surface area (TPSA) is 45.8 Å². The molecule has 0 aromatic carbocycles. The lowest BCUT2D eigenvalue weighted by Crippen LogP contribution is -2.04. The average Bonchev–Trinajstić information content (AvgIpc) is 1.77. The highest BCUT2D eigenvalue weighted by Crippen LogP contribution is 1.88. The van der Waals surface area contributed by atoms with E-state index in [4.69, 9.17) is 0 Å². The highest BCUT2D eigenvalue weighted by atomic mass is 127. The molecule has 4 heteroatoms. The molecule has 0 bridgehead atoms. The van der Waals surface area contributed by atoms with Gasteiger partial charge in [0.15, 0.2) is 0 Å². The molecule has 0 atom stereocenters. The Morgan fingerprint density at radius 1 is 1.75 bits per heavy atom. The van der Waals surface area contributed by atoms with Gasteiger partial charge < -0.3 is 0 Å². The fourth-order valence-corrected chi connectivity index (χ4v) is 0.601. The molecule has 0 unspecified atom stereocenters. The Hall–Kier alpha value is -0.390. The van der Waals surface area contributed by atoms with Gasteiger partial charge in [0.05, 0.1) is 9.77 Å². The van der Waals surface area contributed by atoms with Crippen LogP contribution in [-0.2, 0) is 0 Å². The first-order valence-electron chi connectivity index (χ1n) is 1.99. The summed E-state index contributed by atoms with van der Waals surface area (Å²) < 4.78 is 0.664. The number of nitrogens with one attached hydrogen (secondary N) is 1. The largest absolute Gasteiger partial charge is 0.287 e. The standard InChI is InChI=1S/C4H3IN2O/c5-3-1-6-7-2-4(3)8/h1-2H,(H,6,8). The molecule has 0 aliphatic rings. The fourth-order valence-electron chi connectivity index (χ4n) is 0.323. The van der Waals surface area contributed by atoms with Gasteiger partial charge in [0, 0.05) is 6.20 Å². The maximum atomic E-state index is 10.5. The summed E-state index contributed by atoms with van der Waals surface area (Å²) in [5.41, 5.74) is -0.0376. The fraction of sp³-hybridized carbons (Fsp3) is 0. The van der Waals surface area contributed by atoms with Crippen LogP contribution in [-0.4, -0.2) is 10.2 Å². The Labute approximate surface area is 59.3 Å². The predicted octanol–water partition coefficient (Wildman–Crippen LogP) is 0.374. The molecular weight excluding hydrogens is 219 g/mol. The van der Waals surface area contributed by atoms with Gasteiger partial charge in [0.1, 0.15) is 0 Å². The average molecular weight is 222 g/mol. The summed E-state index contributed by atoms with van der Waals surface area (Å²) in [6.45, 7) is 0. The van der Waals surface area contributed by atoms with Gasteiger partial charge in [0.25, 0.3) is 0 Å². The van der Waals surface area contributed by atoms with Crippen LogP contribution in [0.2, 0.25) is 0 Å². The summed E-state index contributed by atoms with van der Waals surface area (Å²) in [6.07, 6.45) is 2.81. The smallest absolute Gasteiger partial charge is 0.213 e. The molecule has 1 N–H and O–H groups in total. The lowest BCUT2D eigenvalue weighted by molar-refractivity contribution is 1.01. The molecule has 0 radical (unpaired) electrons. The van der Waals surface area contributed by atoms with E-state index in [-0.39, 0.29) is 5.43 Å². The molecule has 1 heterocycles. The Kier molecular flexibility index (Phi) is 1.62. The van der Waals surface area contributed by atoms with E-state index in [1.807, 2.05) is 22.6 Å². The Balaban J connectivity index is 3.35. The predicted molar refractivity (Wildman–Crippen MR) is 37.6 cm³/mol. The summed E-state index contributed by atoms with van der Waals surface area (Å²) in [7, 11) is 0. The quantitative estimate of drug-likeness (QED) is 0.644. The van der Waals surface area contributed by atoms with E-state index in [2.05, 4.69) is 10.2 Å². The summed E-state index contributed by atoms with van der Waals surface area (Å²) in [5, 5.41) is 6.05. The van der Waals surface area contributed by atoms with Crippen molar-refractivity contribution in [2.24, 2.45) is 0 Å². The molecule has 1 rings (SSSR count). The summed E-state index contributed by atoms with van der Waals surface area (Å²) in [5.74, 6) is 0. The molecular formula is C4H3IN2O. The van der Waals surface area contributed by atoms with Gasteiger partial charge >= 0.3 is 0 Å². The molecule has 0 aliphatic carbocycles. The number of aromatic amines is 1. The zero-order valence-corrected chi connectivity index (χ0v) is 6.05. The number of H-pyrrole nitrogens is 1. The minimum absolute atomic E-state index is 0.0376. The summed E-state index contributed by atoms with van der Waals surface area (Å²) >= 11 is 1.94. The molecule has 0 saturated heterocycles. The van der Waals surface area contributed by atoms with Crippen molar-refractivity contribution in [3.63, 3.8) is 0 Å². The molecule has 8 heavy (non-hydrogen) atoms. The van der Waals surface area contributed by atoms with Crippen LogP contribution in [0.15, 0.2) is 17.2 Å². The van der Waals surface area contributed by atoms with E-state index in [0.29, 0.717) is 3.57 Å². The number of hydrogen-bond acceptors (Lipinski definition) is 2. The van der Waals surface area contributed by atoms with Gasteiger partial charge in [-0.3, -0.25) is 9.89 Å². The van der Waals surface area contributed by atoms with E-state index in [0.717, 1.165) is 0 Å². The van der Waals surface area contributed by atoms with Gasteiger partial charge in [-0.15, -0.1) is 0 Å². The molecule has 1 aromatic heterocycles. The van der Waals surface area contributed by atoms with Crippen LogP contribution in [0.3, 0.4) is 0 Å². The van der Waals surface area contributed by atoms with E-state index in [1.165, 1.54) is 6.20 Å². The van der Waals surface area contributed by atoms with Gasteiger partial charge in [-0.2, -0.15) is 5.10 Å². The number of hydrogen-bond donors (Lipinski definition) is 1. The van der Waals surface area contributed by atoms with Crippen LogP contribution in [0.25, 0.3) is 0 Å². The molecule has 42 valence electrons. The molecule has 1 aromatic rings. The lowest BCUT2D eigenvalue weighted by atomic mass is 10.6. The second-order valence-electron chi connectivity index (χ2n) is 1.24. The molecule has 0 fully saturated rings. The number of rotatable bonds is 0. The Bertz CT molecular complexity index is 231. The minimum atomic E-state index is -0.0376. The van der Waals surface area contributed by atoms with Crippen LogP contribution in [0, 0.1) is 3.57 Å². The number of nitrogens with zero attached hydrogens (tertiary/aromatic N) is 1. The monoisotopic (exact) mass is 222 g/mol. The van der Waals surface area contributed by atoms with Crippen molar-refractivity contribution in [3.8, 4) is 0 Å². The normalized spacial score (nSPS) is 9.12. The zero-order chi connectivity index (χ0) is 5.98. The SMILES string of the molecule is O=c1cn[nH]cc1I. The molecule has 0 aliphatic heterocycles. The number of halogens is 1. The van der Waals surface area contributed by atoms with Crippen LogP contribution in [0.5, 0.6) is 0 Å². The Morgan fingerprint density at radius 2 is 2.50 bits per heavy atom. The van der Waals surface area contributed by atoms with Crippen molar-refractivity contribution in [3.05, 3.63) is 26.2 Å². The van der Waals surface area contributed by atoms with Gasteiger partial charge in [-0.05, 0) is 22.6 Å². The molecule has 0 saturated carbocycles. The van der Waals surface area contributed by atoms with E-state index in [9.17, 15) is 4.79 Å². The number of aromatic nitrogens is 2. The minimum Gasteiger partial charge on any atom is -0.287 e. The van der Waals surface area contributed by atoms with E-state index >= 15 is 0 Å². The van der Waals surface area contributed by atoms with Crippen molar-refractivity contribution >= 4 is 22.6 Å². The first-order chi connectivity index (χ1) is 3.80. The van der Waals surface area contributed by atoms with Gasteiger partial charge in [0.2, 0.25) is 5.43 Å². The van der Waals surface area contributed by atoms with Gasteiger partial charge in [-0.25, -0.2) is 0 Å². The molecule has 0 amide bonds. The van der Waals surface area contributed by atoms with Crippen LogP contribution >= 0.6 is 22.6 Å².